The Morgan fingerprint density at radius 3 is 1.74 bits per heavy atom. The van der Waals surface area contributed by atoms with Crippen LogP contribution in [-0.2, 0) is 4.79 Å². The average molecular weight is 425 g/mol. The third-order valence-corrected chi connectivity index (χ3v) is 5.34. The fourth-order valence-corrected chi connectivity index (χ4v) is 3.56. The number of carbonyl (C=O) groups is 1. The Kier molecular flexibility index (Phi) is 17.2. The summed E-state index contributed by atoms with van der Waals surface area (Å²) in [6.45, 7) is 3.63. The van der Waals surface area contributed by atoms with Crippen molar-refractivity contribution in [1.82, 2.24) is 4.90 Å². The number of hydrogen-bond donors (Lipinski definition) is 1. The molecule has 0 radical (unpaired) electrons. The molecular formula is C28H44N2O. The summed E-state index contributed by atoms with van der Waals surface area (Å²) in [6, 6.07) is 0.256. The molecule has 0 aromatic rings. The molecule has 1 unspecified atom stereocenters. The quantitative estimate of drug-likeness (QED) is 0.294. The van der Waals surface area contributed by atoms with Gasteiger partial charge >= 0.3 is 0 Å². The van der Waals surface area contributed by atoms with E-state index in [1.807, 2.05) is 4.90 Å². The lowest BCUT2D eigenvalue weighted by atomic mass is 10.0. The Labute approximate surface area is 191 Å². The summed E-state index contributed by atoms with van der Waals surface area (Å²) in [5, 5.41) is 0. The molecule has 1 atom stereocenters. The van der Waals surface area contributed by atoms with E-state index in [1.165, 1.54) is 6.42 Å². The van der Waals surface area contributed by atoms with Crippen molar-refractivity contribution in [3.8, 4) is 0 Å². The second-order valence-electron chi connectivity index (χ2n) is 7.93. The van der Waals surface area contributed by atoms with Gasteiger partial charge in [0.1, 0.15) is 0 Å². The van der Waals surface area contributed by atoms with Gasteiger partial charge in [-0.25, -0.2) is 0 Å². The van der Waals surface area contributed by atoms with Gasteiger partial charge in [0.15, 0.2) is 0 Å². The fraction of sp³-hybridized carbons (Fsp3) is 0.536. The Morgan fingerprint density at radius 2 is 1.26 bits per heavy atom. The van der Waals surface area contributed by atoms with Crippen LogP contribution in [0.25, 0.3) is 0 Å². The van der Waals surface area contributed by atoms with Gasteiger partial charge in [-0.15, -0.1) is 0 Å². The Morgan fingerprint density at radius 1 is 0.774 bits per heavy atom. The first-order valence-electron chi connectivity index (χ1n) is 12.2. The Hall–Kier alpha value is -2.13. The van der Waals surface area contributed by atoms with Crippen LogP contribution < -0.4 is 5.73 Å². The molecule has 1 aliphatic heterocycles. The zero-order valence-electron chi connectivity index (χ0n) is 19.6. The summed E-state index contributed by atoms with van der Waals surface area (Å²) in [5.41, 5.74) is 5.81. The van der Waals surface area contributed by atoms with Crippen LogP contribution in [0.1, 0.15) is 77.6 Å². The topological polar surface area (TPSA) is 46.3 Å². The highest BCUT2D eigenvalue weighted by Crippen LogP contribution is 2.17. The Balaban J connectivity index is 2.02. The summed E-state index contributed by atoms with van der Waals surface area (Å²) in [7, 11) is 0. The minimum Gasteiger partial charge on any atom is -0.338 e. The van der Waals surface area contributed by atoms with Crippen molar-refractivity contribution in [2.75, 3.05) is 13.1 Å². The molecule has 31 heavy (non-hydrogen) atoms. The fourth-order valence-electron chi connectivity index (χ4n) is 3.56. The molecule has 0 aliphatic carbocycles. The van der Waals surface area contributed by atoms with Crippen molar-refractivity contribution < 1.29 is 4.79 Å². The molecule has 172 valence electrons. The van der Waals surface area contributed by atoms with Crippen LogP contribution in [0.4, 0.5) is 0 Å². The molecule has 0 saturated carbocycles. The second kappa shape index (κ2) is 19.8. The molecule has 2 N–H and O–H groups in total. The lowest BCUT2D eigenvalue weighted by molar-refractivity contribution is -0.134. The van der Waals surface area contributed by atoms with E-state index in [0.717, 1.165) is 64.3 Å². The molecule has 1 amide bonds. The number of likely N-dealkylation sites (tertiary alicyclic amines) is 1. The van der Waals surface area contributed by atoms with E-state index in [1.54, 1.807) is 0 Å². The molecular weight excluding hydrogens is 380 g/mol. The number of allylic oxidation sites excluding steroid dienone is 12. The molecule has 3 heteroatoms. The standard InChI is InChI=1S/C28H44N2O/c1-2-3-4-5-6-7-8-9-10-11-12-13-14-15-16-17-18-19-20-24-28(31)30-25-22-21-23-27(30)26-29/h3-4,6-7,9-10,12-13,15-16,18-19,27H,2,5,8,11,14,17,20-26,29H2,1H3. The monoisotopic (exact) mass is 424 g/mol. The predicted molar refractivity (Wildman–Crippen MR) is 136 cm³/mol. The van der Waals surface area contributed by atoms with E-state index < -0.39 is 0 Å². The van der Waals surface area contributed by atoms with Crippen molar-refractivity contribution in [3.63, 3.8) is 0 Å². The number of piperidine rings is 1. The molecule has 0 aromatic carbocycles. The van der Waals surface area contributed by atoms with Crippen molar-refractivity contribution in [1.29, 1.82) is 0 Å². The summed E-state index contributed by atoms with van der Waals surface area (Å²) in [4.78, 5) is 14.4. The van der Waals surface area contributed by atoms with E-state index >= 15 is 0 Å². The smallest absolute Gasteiger partial charge is 0.223 e. The van der Waals surface area contributed by atoms with E-state index in [0.29, 0.717) is 13.0 Å². The Bertz CT molecular complexity index is 625. The highest BCUT2D eigenvalue weighted by atomic mass is 16.2. The van der Waals surface area contributed by atoms with Crippen LogP contribution in [-0.4, -0.2) is 29.9 Å². The van der Waals surface area contributed by atoms with Gasteiger partial charge in [-0.05, 0) is 64.2 Å². The van der Waals surface area contributed by atoms with Gasteiger partial charge in [0.05, 0.1) is 0 Å². The predicted octanol–water partition coefficient (Wildman–Crippen LogP) is 6.80. The summed E-state index contributed by atoms with van der Waals surface area (Å²) in [5.74, 6) is 0.259. The minimum absolute atomic E-state index is 0.256. The van der Waals surface area contributed by atoms with Crippen molar-refractivity contribution in [2.24, 2.45) is 5.73 Å². The van der Waals surface area contributed by atoms with Gasteiger partial charge in [-0.3, -0.25) is 4.79 Å². The average Bonchev–Trinajstić information content (AvgIpc) is 2.80. The molecule has 3 nitrogen and oxygen atoms in total. The first kappa shape index (κ1) is 26.9. The SMILES string of the molecule is CCC=CCC=CCC=CCC=CCC=CCC=CCCC(=O)N1CCCCC1CN. The molecule has 0 spiro atoms. The van der Waals surface area contributed by atoms with E-state index in [-0.39, 0.29) is 11.9 Å². The highest BCUT2D eigenvalue weighted by molar-refractivity contribution is 5.76. The third kappa shape index (κ3) is 14.5. The lowest BCUT2D eigenvalue weighted by Gasteiger charge is -2.35. The second-order valence-corrected chi connectivity index (χ2v) is 7.93. The van der Waals surface area contributed by atoms with Crippen LogP contribution in [0.15, 0.2) is 72.9 Å². The molecule has 1 aliphatic rings. The van der Waals surface area contributed by atoms with Crippen LogP contribution >= 0.6 is 0 Å². The molecule has 1 heterocycles. The largest absolute Gasteiger partial charge is 0.338 e. The van der Waals surface area contributed by atoms with Gasteiger partial charge in [0.2, 0.25) is 5.91 Å². The van der Waals surface area contributed by atoms with Gasteiger partial charge in [0.25, 0.3) is 0 Å². The van der Waals surface area contributed by atoms with Crippen molar-refractivity contribution >= 4 is 5.91 Å². The van der Waals surface area contributed by atoms with Crippen LogP contribution in [0.3, 0.4) is 0 Å². The van der Waals surface area contributed by atoms with Crippen LogP contribution in [0, 0.1) is 0 Å². The number of amides is 1. The van der Waals surface area contributed by atoms with Crippen molar-refractivity contribution in [2.45, 2.75) is 83.6 Å². The number of nitrogens with two attached hydrogens (primary N) is 1. The summed E-state index contributed by atoms with van der Waals surface area (Å²) < 4.78 is 0. The molecule has 1 fully saturated rings. The molecule has 1 rings (SSSR count). The van der Waals surface area contributed by atoms with Crippen LogP contribution in [0.2, 0.25) is 0 Å². The normalized spacial score (nSPS) is 18.3. The number of nitrogens with zero attached hydrogens (tertiary/aromatic N) is 1. The molecule has 1 saturated heterocycles. The third-order valence-electron chi connectivity index (χ3n) is 5.34. The number of rotatable bonds is 15. The first-order valence-corrected chi connectivity index (χ1v) is 12.2. The molecule has 0 bridgehead atoms. The maximum atomic E-state index is 12.4. The molecule has 0 aromatic heterocycles. The first-order chi connectivity index (χ1) is 15.3. The minimum atomic E-state index is 0.256. The zero-order valence-corrected chi connectivity index (χ0v) is 19.6. The van der Waals surface area contributed by atoms with E-state index in [9.17, 15) is 4.79 Å². The summed E-state index contributed by atoms with van der Waals surface area (Å²) in [6.07, 6.45) is 37.2. The zero-order chi connectivity index (χ0) is 22.4. The summed E-state index contributed by atoms with van der Waals surface area (Å²) >= 11 is 0. The maximum absolute atomic E-state index is 12.4. The van der Waals surface area contributed by atoms with Gasteiger partial charge in [0, 0.05) is 25.6 Å². The van der Waals surface area contributed by atoms with Gasteiger partial charge in [-0.1, -0.05) is 79.8 Å². The van der Waals surface area contributed by atoms with Gasteiger partial charge in [-0.2, -0.15) is 0 Å². The maximum Gasteiger partial charge on any atom is 0.223 e. The number of carbonyl (C=O) groups excluding carboxylic acids is 1. The lowest BCUT2D eigenvalue weighted by Crippen LogP contribution is -2.47. The van der Waals surface area contributed by atoms with Gasteiger partial charge < -0.3 is 10.6 Å². The number of hydrogen-bond acceptors (Lipinski definition) is 2. The van der Waals surface area contributed by atoms with Crippen molar-refractivity contribution in [3.05, 3.63) is 72.9 Å². The van der Waals surface area contributed by atoms with E-state index in [2.05, 4.69) is 79.8 Å². The van der Waals surface area contributed by atoms with Crippen LogP contribution in [0.5, 0.6) is 0 Å². The highest BCUT2D eigenvalue weighted by Gasteiger charge is 2.24. The van der Waals surface area contributed by atoms with E-state index in [4.69, 9.17) is 5.73 Å².